The third-order valence-corrected chi connectivity index (χ3v) is 6.18. The van der Waals surface area contributed by atoms with Gasteiger partial charge in [0.15, 0.2) is 11.3 Å². The molecule has 0 spiro atoms. The molecule has 0 amide bonds. The molecule has 0 saturated carbocycles. The van der Waals surface area contributed by atoms with Crippen LogP contribution in [0.4, 0.5) is 5.69 Å². The molecule has 0 unspecified atom stereocenters. The lowest BCUT2D eigenvalue weighted by atomic mass is 9.91. The van der Waals surface area contributed by atoms with E-state index in [2.05, 4.69) is 46.0 Å². The summed E-state index contributed by atoms with van der Waals surface area (Å²) in [5.74, 6) is 0.0343. The lowest BCUT2D eigenvalue weighted by Gasteiger charge is -2.23. The summed E-state index contributed by atoms with van der Waals surface area (Å²) in [4.78, 5) is 5.88. The van der Waals surface area contributed by atoms with Gasteiger partial charge in [0.1, 0.15) is 23.4 Å². The molecule has 0 radical (unpaired) electrons. The van der Waals surface area contributed by atoms with E-state index in [4.69, 9.17) is 11.3 Å². The van der Waals surface area contributed by atoms with Gasteiger partial charge in [-0.15, -0.1) is 5.10 Å². The molecule has 3 aromatic rings. The average Bonchev–Trinajstić information content (AvgIpc) is 3.48. The first-order valence-corrected chi connectivity index (χ1v) is 11.6. The first kappa shape index (κ1) is 24.3. The van der Waals surface area contributed by atoms with Gasteiger partial charge in [0.05, 0.1) is 18.5 Å². The average molecular weight is 476 g/mol. The standard InChI is InChI=1S/C28H25N7O/c1-6-34(7-2)22-12-8-19(9-13-22)24-18-35(33-32-24)23-14-10-20(11-15-23)25-26(31-5)27(21(16-29)17-30)36-28(25,3)4/h8-15,18H,6-7H2,1-4H3. The van der Waals surface area contributed by atoms with E-state index >= 15 is 0 Å². The van der Waals surface area contributed by atoms with Crippen molar-refractivity contribution in [2.45, 2.75) is 33.3 Å². The van der Waals surface area contributed by atoms with Crippen LogP contribution in [0.25, 0.3) is 27.4 Å². The number of rotatable bonds is 6. The quantitative estimate of drug-likeness (QED) is 0.344. The summed E-state index contributed by atoms with van der Waals surface area (Å²) >= 11 is 0. The van der Waals surface area contributed by atoms with Crippen LogP contribution in [0.1, 0.15) is 33.3 Å². The van der Waals surface area contributed by atoms with Gasteiger partial charge in [0, 0.05) is 29.9 Å². The molecule has 8 nitrogen and oxygen atoms in total. The normalized spacial score (nSPS) is 14.0. The fourth-order valence-corrected chi connectivity index (χ4v) is 4.38. The molecule has 36 heavy (non-hydrogen) atoms. The number of hydrogen-bond donors (Lipinski definition) is 0. The third-order valence-electron chi connectivity index (χ3n) is 6.18. The molecule has 0 fully saturated rings. The maximum atomic E-state index is 9.28. The summed E-state index contributed by atoms with van der Waals surface area (Å²) in [6, 6.07) is 19.5. The van der Waals surface area contributed by atoms with E-state index in [1.54, 1.807) is 4.68 Å². The lowest BCUT2D eigenvalue weighted by Crippen LogP contribution is -2.21. The second kappa shape index (κ2) is 9.78. The molecule has 0 saturated heterocycles. The van der Waals surface area contributed by atoms with Crippen LogP contribution in [-0.4, -0.2) is 33.7 Å². The van der Waals surface area contributed by atoms with Crippen molar-refractivity contribution in [3.63, 3.8) is 0 Å². The Balaban J connectivity index is 1.64. The highest BCUT2D eigenvalue weighted by atomic mass is 16.5. The number of benzene rings is 2. The number of aromatic nitrogens is 3. The Kier molecular flexibility index (Phi) is 6.59. The SMILES string of the molecule is [C-]#[N+]C1=C(c2ccc(-n3cc(-c4ccc(N(CC)CC)cc4)nn3)cc2)C(C)(C)OC1=C(C#N)C#N. The monoisotopic (exact) mass is 475 g/mol. The largest absolute Gasteiger partial charge is 0.493 e. The van der Waals surface area contributed by atoms with Crippen molar-refractivity contribution < 1.29 is 4.74 Å². The van der Waals surface area contributed by atoms with E-state index in [9.17, 15) is 10.5 Å². The maximum absolute atomic E-state index is 9.28. The van der Waals surface area contributed by atoms with Crippen LogP contribution in [0.3, 0.4) is 0 Å². The summed E-state index contributed by atoms with van der Waals surface area (Å²) in [5.41, 5.74) is 4.25. The van der Waals surface area contributed by atoms with Gasteiger partial charge in [0.25, 0.3) is 0 Å². The number of ether oxygens (including phenoxy) is 1. The maximum Gasteiger partial charge on any atom is 0.237 e. The van der Waals surface area contributed by atoms with Crippen molar-refractivity contribution in [3.8, 4) is 29.1 Å². The van der Waals surface area contributed by atoms with Crippen LogP contribution < -0.4 is 4.90 Å². The van der Waals surface area contributed by atoms with E-state index in [0.29, 0.717) is 5.57 Å². The highest BCUT2D eigenvalue weighted by Crippen LogP contribution is 2.45. The van der Waals surface area contributed by atoms with Crippen molar-refractivity contribution in [2.24, 2.45) is 0 Å². The Hall–Kier alpha value is -4.87. The van der Waals surface area contributed by atoms with Gasteiger partial charge in [0.2, 0.25) is 5.70 Å². The molecule has 2 heterocycles. The summed E-state index contributed by atoms with van der Waals surface area (Å²) in [6.07, 6.45) is 1.88. The fourth-order valence-electron chi connectivity index (χ4n) is 4.38. The number of hydrogen-bond acceptors (Lipinski definition) is 6. The highest BCUT2D eigenvalue weighted by molar-refractivity contribution is 5.82. The Morgan fingerprint density at radius 1 is 1.03 bits per heavy atom. The zero-order valence-electron chi connectivity index (χ0n) is 20.6. The molecular formula is C28H25N7O. The topological polar surface area (TPSA) is 95.1 Å². The van der Waals surface area contributed by atoms with Crippen molar-refractivity contribution in [1.82, 2.24) is 15.0 Å². The van der Waals surface area contributed by atoms with Gasteiger partial charge in [-0.3, -0.25) is 0 Å². The zero-order valence-corrected chi connectivity index (χ0v) is 20.6. The van der Waals surface area contributed by atoms with Gasteiger partial charge in [-0.05, 0) is 57.5 Å². The smallest absolute Gasteiger partial charge is 0.237 e. The first-order valence-electron chi connectivity index (χ1n) is 11.6. The Labute approximate surface area is 210 Å². The number of allylic oxidation sites excluding steroid dienone is 1. The molecule has 0 atom stereocenters. The van der Waals surface area contributed by atoms with E-state index in [1.165, 1.54) is 5.69 Å². The predicted molar refractivity (Wildman–Crippen MR) is 137 cm³/mol. The Morgan fingerprint density at radius 3 is 2.19 bits per heavy atom. The minimum atomic E-state index is -0.868. The van der Waals surface area contributed by atoms with E-state index in [0.717, 1.165) is 35.6 Å². The van der Waals surface area contributed by atoms with Gasteiger partial charge in [-0.25, -0.2) is 9.53 Å². The first-order chi connectivity index (χ1) is 17.4. The second-order valence-corrected chi connectivity index (χ2v) is 8.69. The summed E-state index contributed by atoms with van der Waals surface area (Å²) in [6.45, 7) is 17.5. The van der Waals surface area contributed by atoms with Crippen LogP contribution in [0.2, 0.25) is 0 Å². The lowest BCUT2D eigenvalue weighted by molar-refractivity contribution is 0.109. The van der Waals surface area contributed by atoms with Crippen molar-refractivity contribution in [1.29, 1.82) is 10.5 Å². The minimum Gasteiger partial charge on any atom is -0.493 e. The van der Waals surface area contributed by atoms with Crippen LogP contribution in [0.5, 0.6) is 0 Å². The van der Waals surface area contributed by atoms with Crippen molar-refractivity contribution >= 4 is 11.3 Å². The summed E-state index contributed by atoms with van der Waals surface area (Å²) in [5, 5.41) is 27.2. The van der Waals surface area contributed by atoms with Crippen LogP contribution in [0, 0.1) is 29.2 Å². The molecule has 1 aliphatic rings. The van der Waals surface area contributed by atoms with E-state index < -0.39 is 5.60 Å². The van der Waals surface area contributed by atoms with Crippen molar-refractivity contribution in [2.75, 3.05) is 18.0 Å². The van der Waals surface area contributed by atoms with Gasteiger partial charge in [-0.2, -0.15) is 10.5 Å². The molecule has 1 aliphatic heterocycles. The summed E-state index contributed by atoms with van der Waals surface area (Å²) in [7, 11) is 0. The van der Waals surface area contributed by atoms with Crippen LogP contribution >= 0.6 is 0 Å². The molecular weight excluding hydrogens is 450 g/mol. The third kappa shape index (κ3) is 4.31. The van der Waals surface area contributed by atoms with E-state index in [-0.39, 0.29) is 17.0 Å². The molecule has 0 aliphatic carbocycles. The predicted octanol–water partition coefficient (Wildman–Crippen LogP) is 5.52. The number of nitrogens with zero attached hydrogens (tertiary/aromatic N) is 7. The molecule has 178 valence electrons. The number of nitriles is 2. The zero-order chi connectivity index (χ0) is 25.9. The Bertz CT molecular complexity index is 1450. The second-order valence-electron chi connectivity index (χ2n) is 8.69. The number of anilines is 1. The van der Waals surface area contributed by atoms with Crippen LogP contribution in [-0.2, 0) is 4.74 Å². The summed E-state index contributed by atoms with van der Waals surface area (Å²) < 4.78 is 7.59. The molecule has 0 bridgehead atoms. The molecule has 4 rings (SSSR count). The Morgan fingerprint density at radius 2 is 1.64 bits per heavy atom. The molecule has 1 aromatic heterocycles. The van der Waals surface area contributed by atoms with Crippen molar-refractivity contribution in [3.05, 3.63) is 88.7 Å². The molecule has 8 heteroatoms. The van der Waals surface area contributed by atoms with E-state index in [1.807, 2.05) is 68.6 Å². The molecule has 0 N–H and O–H groups in total. The highest BCUT2D eigenvalue weighted by Gasteiger charge is 2.40. The van der Waals surface area contributed by atoms with Gasteiger partial charge >= 0.3 is 0 Å². The minimum absolute atomic E-state index is 0.0343. The van der Waals surface area contributed by atoms with Gasteiger partial charge < -0.3 is 9.64 Å². The van der Waals surface area contributed by atoms with Gasteiger partial charge in [-0.1, -0.05) is 29.5 Å². The molecule has 2 aromatic carbocycles. The van der Waals surface area contributed by atoms with Crippen LogP contribution in [0.15, 0.2) is 71.8 Å². The fraction of sp³-hybridized carbons (Fsp3) is 0.250.